The van der Waals surface area contributed by atoms with Gasteiger partial charge in [0.05, 0.1) is 0 Å². The summed E-state index contributed by atoms with van der Waals surface area (Å²) >= 11 is 0. The van der Waals surface area contributed by atoms with Crippen LogP contribution in [0.25, 0.3) is 0 Å². The van der Waals surface area contributed by atoms with E-state index in [2.05, 4.69) is 24.1 Å². The number of unbranched alkanes of at least 4 members (excludes halogenated alkanes) is 10. The van der Waals surface area contributed by atoms with Gasteiger partial charge in [-0.1, -0.05) is 77.2 Å². The number of hydrogen-bond donors (Lipinski definition) is 2. The second-order valence-electron chi connectivity index (χ2n) is 5.78. The Morgan fingerprint density at radius 2 is 1.15 bits per heavy atom. The molecule has 2 heteroatoms. The standard InChI is InChI=1S/C18H38N2/c1-3-5-6-7-8-9-10-11-12-13-14-16-20-18-17-19-15-4-2/h4,19-20H,2-3,5-18H2,1H3. The fourth-order valence-corrected chi connectivity index (χ4v) is 2.42. The van der Waals surface area contributed by atoms with Gasteiger partial charge in [0, 0.05) is 19.6 Å². The smallest absolute Gasteiger partial charge is 0.0132 e. The molecule has 0 aromatic rings. The second kappa shape index (κ2) is 18.7. The van der Waals surface area contributed by atoms with Gasteiger partial charge in [0.1, 0.15) is 0 Å². The quantitative estimate of drug-likeness (QED) is 0.299. The predicted molar refractivity (Wildman–Crippen MR) is 92.4 cm³/mol. The Morgan fingerprint density at radius 3 is 1.70 bits per heavy atom. The van der Waals surface area contributed by atoms with Crippen molar-refractivity contribution in [1.29, 1.82) is 0 Å². The van der Waals surface area contributed by atoms with Crippen molar-refractivity contribution in [3.8, 4) is 0 Å². The molecule has 2 N–H and O–H groups in total. The topological polar surface area (TPSA) is 24.1 Å². The van der Waals surface area contributed by atoms with Crippen LogP contribution < -0.4 is 10.6 Å². The van der Waals surface area contributed by atoms with Gasteiger partial charge in [-0.05, 0) is 13.0 Å². The summed E-state index contributed by atoms with van der Waals surface area (Å²) in [6.07, 6.45) is 17.5. The molecule has 120 valence electrons. The molecular formula is C18H38N2. The van der Waals surface area contributed by atoms with Crippen molar-refractivity contribution in [1.82, 2.24) is 10.6 Å². The largest absolute Gasteiger partial charge is 0.315 e. The van der Waals surface area contributed by atoms with Crippen molar-refractivity contribution in [2.75, 3.05) is 26.2 Å². The molecule has 0 saturated heterocycles. The van der Waals surface area contributed by atoms with E-state index >= 15 is 0 Å². The summed E-state index contributed by atoms with van der Waals surface area (Å²) in [7, 11) is 0. The van der Waals surface area contributed by atoms with Crippen LogP contribution in [0, 0.1) is 0 Å². The van der Waals surface area contributed by atoms with E-state index in [0.29, 0.717) is 0 Å². The van der Waals surface area contributed by atoms with Crippen LogP contribution in [0.15, 0.2) is 12.7 Å². The maximum absolute atomic E-state index is 3.69. The molecule has 0 atom stereocenters. The van der Waals surface area contributed by atoms with E-state index < -0.39 is 0 Å². The molecule has 0 aliphatic carbocycles. The molecule has 0 aliphatic heterocycles. The van der Waals surface area contributed by atoms with Crippen molar-refractivity contribution in [3.63, 3.8) is 0 Å². The van der Waals surface area contributed by atoms with Gasteiger partial charge in [0.15, 0.2) is 0 Å². The second-order valence-corrected chi connectivity index (χ2v) is 5.78. The van der Waals surface area contributed by atoms with Crippen molar-refractivity contribution in [3.05, 3.63) is 12.7 Å². The SMILES string of the molecule is C=CCNCCNCCCCCCCCCCCCC. The molecule has 0 aliphatic rings. The molecule has 0 aromatic heterocycles. The van der Waals surface area contributed by atoms with Crippen LogP contribution in [0.1, 0.15) is 77.6 Å². The molecule has 0 spiro atoms. The maximum Gasteiger partial charge on any atom is 0.0132 e. The molecule has 0 rings (SSSR count). The Morgan fingerprint density at radius 1 is 0.650 bits per heavy atom. The van der Waals surface area contributed by atoms with Crippen LogP contribution in [-0.4, -0.2) is 26.2 Å². The Balaban J connectivity index is 2.90. The van der Waals surface area contributed by atoms with E-state index in [1.807, 2.05) is 6.08 Å². The van der Waals surface area contributed by atoms with Gasteiger partial charge in [0.25, 0.3) is 0 Å². The van der Waals surface area contributed by atoms with Crippen LogP contribution >= 0.6 is 0 Å². The molecule has 0 bridgehead atoms. The molecule has 0 aromatic carbocycles. The molecule has 0 amide bonds. The van der Waals surface area contributed by atoms with Crippen molar-refractivity contribution in [2.45, 2.75) is 77.6 Å². The van der Waals surface area contributed by atoms with E-state index in [0.717, 1.165) is 19.6 Å². The van der Waals surface area contributed by atoms with Crippen molar-refractivity contribution < 1.29 is 0 Å². The molecule has 0 fully saturated rings. The van der Waals surface area contributed by atoms with E-state index in [1.165, 1.54) is 77.2 Å². The lowest BCUT2D eigenvalue weighted by molar-refractivity contribution is 0.537. The minimum Gasteiger partial charge on any atom is -0.315 e. The third-order valence-corrected chi connectivity index (χ3v) is 3.72. The Bertz CT molecular complexity index is 180. The van der Waals surface area contributed by atoms with Gasteiger partial charge >= 0.3 is 0 Å². The van der Waals surface area contributed by atoms with Crippen LogP contribution in [0.5, 0.6) is 0 Å². The molecule has 20 heavy (non-hydrogen) atoms. The van der Waals surface area contributed by atoms with E-state index in [4.69, 9.17) is 0 Å². The highest BCUT2D eigenvalue weighted by Crippen LogP contribution is 2.10. The van der Waals surface area contributed by atoms with E-state index in [-0.39, 0.29) is 0 Å². The highest BCUT2D eigenvalue weighted by Gasteiger charge is 1.93. The summed E-state index contributed by atoms with van der Waals surface area (Å²) in [5, 5.41) is 6.78. The molecule has 0 unspecified atom stereocenters. The summed E-state index contributed by atoms with van der Waals surface area (Å²) in [5.41, 5.74) is 0. The van der Waals surface area contributed by atoms with Gasteiger partial charge in [-0.25, -0.2) is 0 Å². The maximum atomic E-state index is 3.69. The van der Waals surface area contributed by atoms with Gasteiger partial charge in [-0.2, -0.15) is 0 Å². The fraction of sp³-hybridized carbons (Fsp3) is 0.889. The first kappa shape index (κ1) is 19.7. The van der Waals surface area contributed by atoms with Gasteiger partial charge < -0.3 is 10.6 Å². The van der Waals surface area contributed by atoms with Gasteiger partial charge in [0.2, 0.25) is 0 Å². The lowest BCUT2D eigenvalue weighted by atomic mass is 10.1. The normalized spacial score (nSPS) is 10.8. The summed E-state index contributed by atoms with van der Waals surface area (Å²) < 4.78 is 0. The van der Waals surface area contributed by atoms with Crippen LogP contribution in [0.4, 0.5) is 0 Å². The average molecular weight is 283 g/mol. The lowest BCUT2D eigenvalue weighted by Gasteiger charge is -2.05. The van der Waals surface area contributed by atoms with Gasteiger partial charge in [-0.3, -0.25) is 0 Å². The molecule has 0 heterocycles. The summed E-state index contributed by atoms with van der Waals surface area (Å²) in [6.45, 7) is 10.2. The Kier molecular flexibility index (Phi) is 18.3. The van der Waals surface area contributed by atoms with Crippen LogP contribution in [0.3, 0.4) is 0 Å². The molecule has 0 radical (unpaired) electrons. The number of nitrogens with one attached hydrogen (secondary N) is 2. The first-order valence-electron chi connectivity index (χ1n) is 8.94. The average Bonchev–Trinajstić information content (AvgIpc) is 2.47. The fourth-order valence-electron chi connectivity index (χ4n) is 2.42. The van der Waals surface area contributed by atoms with Crippen molar-refractivity contribution >= 4 is 0 Å². The highest BCUT2D eigenvalue weighted by atomic mass is 14.9. The summed E-state index contributed by atoms with van der Waals surface area (Å²) in [4.78, 5) is 0. The zero-order chi connectivity index (χ0) is 14.7. The zero-order valence-electron chi connectivity index (χ0n) is 13.9. The summed E-state index contributed by atoms with van der Waals surface area (Å²) in [6, 6.07) is 0. The predicted octanol–water partition coefficient (Wildman–Crippen LogP) is 4.66. The van der Waals surface area contributed by atoms with E-state index in [9.17, 15) is 0 Å². The summed E-state index contributed by atoms with van der Waals surface area (Å²) in [5.74, 6) is 0. The number of hydrogen-bond acceptors (Lipinski definition) is 2. The van der Waals surface area contributed by atoms with Crippen LogP contribution in [-0.2, 0) is 0 Å². The number of rotatable bonds is 17. The third kappa shape index (κ3) is 17.7. The highest BCUT2D eigenvalue weighted by molar-refractivity contribution is 4.69. The molecule has 0 saturated carbocycles. The first-order valence-corrected chi connectivity index (χ1v) is 8.94. The van der Waals surface area contributed by atoms with Crippen LogP contribution in [0.2, 0.25) is 0 Å². The monoisotopic (exact) mass is 282 g/mol. The zero-order valence-corrected chi connectivity index (χ0v) is 13.9. The minimum atomic E-state index is 0.917. The Labute approximate surface area is 127 Å². The third-order valence-electron chi connectivity index (χ3n) is 3.72. The van der Waals surface area contributed by atoms with Crippen molar-refractivity contribution in [2.24, 2.45) is 0 Å². The molecular weight excluding hydrogens is 244 g/mol. The minimum absolute atomic E-state index is 0.917. The Hall–Kier alpha value is -0.340. The lowest BCUT2D eigenvalue weighted by Crippen LogP contribution is -2.27. The van der Waals surface area contributed by atoms with Gasteiger partial charge in [-0.15, -0.1) is 6.58 Å². The van der Waals surface area contributed by atoms with E-state index in [1.54, 1.807) is 0 Å². The first-order chi connectivity index (χ1) is 9.91. The molecule has 2 nitrogen and oxygen atoms in total.